The first-order valence-corrected chi connectivity index (χ1v) is 5.98. The van der Waals surface area contributed by atoms with Crippen molar-refractivity contribution in [3.63, 3.8) is 0 Å². The van der Waals surface area contributed by atoms with Gasteiger partial charge in [0.05, 0.1) is 0 Å². The minimum Gasteiger partial charge on any atom is -0.462 e. The minimum absolute atomic E-state index is 0. The summed E-state index contributed by atoms with van der Waals surface area (Å²) in [6.45, 7) is 1.91. The molecule has 0 radical (unpaired) electrons. The predicted molar refractivity (Wildman–Crippen MR) is 73.8 cm³/mol. The predicted octanol–water partition coefficient (Wildman–Crippen LogP) is -0.725. The fourth-order valence-corrected chi connectivity index (χ4v) is 2.08. The quantitative estimate of drug-likeness (QED) is 0.729. The molecule has 3 rings (SSSR count). The second-order valence-corrected chi connectivity index (χ2v) is 4.24. The molecule has 2 aromatic carbocycles. The Morgan fingerprint density at radius 2 is 1.79 bits per heavy atom. The molecule has 4 heteroatoms. The number of hydrogen-bond donors (Lipinski definition) is 1. The van der Waals surface area contributed by atoms with Gasteiger partial charge in [-0.05, 0) is 29.0 Å². The van der Waals surface area contributed by atoms with Crippen LogP contribution in [0.4, 0.5) is 0 Å². The summed E-state index contributed by atoms with van der Waals surface area (Å²) in [6.07, 6.45) is 3.07. The summed E-state index contributed by atoms with van der Waals surface area (Å²) in [4.78, 5) is 0. The summed E-state index contributed by atoms with van der Waals surface area (Å²) in [7, 11) is 0. The van der Waals surface area contributed by atoms with Crippen molar-refractivity contribution in [1.82, 2.24) is 5.32 Å². The van der Waals surface area contributed by atoms with E-state index in [1.165, 1.54) is 10.8 Å². The topological polar surface area (TPSA) is 52.8 Å². The zero-order valence-corrected chi connectivity index (χ0v) is 13.1. The third-order valence-corrected chi connectivity index (χ3v) is 2.99. The van der Waals surface area contributed by atoms with E-state index in [0.717, 1.165) is 31.0 Å². The van der Waals surface area contributed by atoms with Gasteiger partial charge in [-0.2, -0.15) is 0 Å². The Balaban J connectivity index is 0.000000902. The van der Waals surface area contributed by atoms with Gasteiger partial charge in [0.2, 0.25) is 0 Å². The van der Waals surface area contributed by atoms with E-state index in [2.05, 4.69) is 47.8 Å². The molecule has 0 aromatic heterocycles. The standard InChI is InChI=1S/C15H15NO.Na.H2O/c1-2-4-13-11-15(6-5-12(13)3-1)17-14-7-9-16-10-8-14;;/h1-7,11,16H,8-10H2;;1H2/q;+1;. The number of hydrogen-bond acceptors (Lipinski definition) is 2. The van der Waals surface area contributed by atoms with Crippen molar-refractivity contribution in [3.05, 3.63) is 54.3 Å². The van der Waals surface area contributed by atoms with Gasteiger partial charge in [0.1, 0.15) is 11.5 Å². The van der Waals surface area contributed by atoms with Crippen LogP contribution >= 0.6 is 0 Å². The summed E-state index contributed by atoms with van der Waals surface area (Å²) in [6, 6.07) is 14.6. The van der Waals surface area contributed by atoms with E-state index >= 15 is 0 Å². The van der Waals surface area contributed by atoms with E-state index in [-0.39, 0.29) is 35.0 Å². The molecule has 1 aliphatic rings. The van der Waals surface area contributed by atoms with Crippen LogP contribution < -0.4 is 39.6 Å². The molecular formula is C15H17NNaO2+. The molecule has 1 aliphatic heterocycles. The van der Waals surface area contributed by atoms with Gasteiger partial charge in [0, 0.05) is 19.5 Å². The normalized spacial score (nSPS) is 14.0. The zero-order chi connectivity index (χ0) is 11.5. The maximum Gasteiger partial charge on any atom is 1.00 e. The van der Waals surface area contributed by atoms with Crippen LogP contribution in [-0.4, -0.2) is 18.6 Å². The molecule has 19 heavy (non-hydrogen) atoms. The molecule has 0 saturated heterocycles. The van der Waals surface area contributed by atoms with Gasteiger partial charge in [-0.3, -0.25) is 0 Å². The number of rotatable bonds is 2. The van der Waals surface area contributed by atoms with Crippen molar-refractivity contribution in [1.29, 1.82) is 0 Å². The molecule has 0 atom stereocenters. The SMILES string of the molecule is C1=C(Oc2ccc3ccccc3c2)CCNC1.O.[Na+]. The third kappa shape index (κ3) is 4.06. The molecule has 3 N–H and O–H groups in total. The molecule has 1 heterocycles. The Hall–Kier alpha value is -0.840. The van der Waals surface area contributed by atoms with Gasteiger partial charge in [-0.15, -0.1) is 0 Å². The Morgan fingerprint density at radius 1 is 1.00 bits per heavy atom. The van der Waals surface area contributed by atoms with E-state index in [1.807, 2.05) is 6.07 Å². The van der Waals surface area contributed by atoms with Crippen molar-refractivity contribution in [3.8, 4) is 5.75 Å². The first-order chi connectivity index (χ1) is 8.42. The van der Waals surface area contributed by atoms with Crippen molar-refractivity contribution >= 4 is 10.8 Å². The molecule has 0 saturated carbocycles. The molecule has 2 aromatic rings. The molecule has 0 spiro atoms. The van der Waals surface area contributed by atoms with Crippen LogP contribution in [0.2, 0.25) is 0 Å². The summed E-state index contributed by atoms with van der Waals surface area (Å²) >= 11 is 0. The zero-order valence-electron chi connectivity index (χ0n) is 11.1. The Kier molecular flexibility index (Phi) is 6.55. The molecule has 3 nitrogen and oxygen atoms in total. The maximum absolute atomic E-state index is 5.88. The first kappa shape index (κ1) is 16.2. The monoisotopic (exact) mass is 266 g/mol. The van der Waals surface area contributed by atoms with Crippen LogP contribution in [0.25, 0.3) is 10.8 Å². The second kappa shape index (κ2) is 7.68. The van der Waals surface area contributed by atoms with Crippen LogP contribution in [-0.2, 0) is 0 Å². The summed E-state index contributed by atoms with van der Waals surface area (Å²) in [5.41, 5.74) is 0. The average molecular weight is 266 g/mol. The van der Waals surface area contributed by atoms with Crippen molar-refractivity contribution in [2.75, 3.05) is 13.1 Å². The fraction of sp³-hybridized carbons (Fsp3) is 0.200. The molecule has 0 aliphatic carbocycles. The summed E-state index contributed by atoms with van der Waals surface area (Å²) in [5, 5.41) is 5.74. The van der Waals surface area contributed by atoms with Crippen molar-refractivity contribution in [2.45, 2.75) is 6.42 Å². The van der Waals surface area contributed by atoms with Gasteiger partial charge in [-0.1, -0.05) is 30.3 Å². The molecule has 0 fully saturated rings. The van der Waals surface area contributed by atoms with Crippen LogP contribution in [0, 0.1) is 0 Å². The van der Waals surface area contributed by atoms with Crippen LogP contribution in [0.5, 0.6) is 5.75 Å². The third-order valence-electron chi connectivity index (χ3n) is 2.99. The number of ether oxygens (including phenoxy) is 1. The van der Waals surface area contributed by atoms with E-state index in [9.17, 15) is 0 Å². The maximum atomic E-state index is 5.88. The first-order valence-electron chi connectivity index (χ1n) is 5.98. The van der Waals surface area contributed by atoms with Gasteiger partial charge >= 0.3 is 29.6 Å². The van der Waals surface area contributed by atoms with Gasteiger partial charge in [0.15, 0.2) is 0 Å². The van der Waals surface area contributed by atoms with E-state index in [0.29, 0.717) is 0 Å². The average Bonchev–Trinajstić information content (AvgIpc) is 2.40. The van der Waals surface area contributed by atoms with Crippen molar-refractivity contribution < 1.29 is 39.8 Å². The molecule has 0 amide bonds. The number of benzene rings is 2. The van der Waals surface area contributed by atoms with Gasteiger partial charge in [0.25, 0.3) is 0 Å². The second-order valence-electron chi connectivity index (χ2n) is 4.24. The van der Waals surface area contributed by atoms with Crippen molar-refractivity contribution in [2.24, 2.45) is 0 Å². The van der Waals surface area contributed by atoms with Gasteiger partial charge < -0.3 is 15.5 Å². The van der Waals surface area contributed by atoms with Crippen LogP contribution in [0.1, 0.15) is 6.42 Å². The smallest absolute Gasteiger partial charge is 0.462 e. The fourth-order valence-electron chi connectivity index (χ4n) is 2.08. The van der Waals surface area contributed by atoms with E-state index < -0.39 is 0 Å². The molecular weight excluding hydrogens is 249 g/mol. The Morgan fingerprint density at radius 3 is 2.53 bits per heavy atom. The Bertz CT molecular complexity index is 569. The Labute approximate surface area is 135 Å². The van der Waals surface area contributed by atoms with E-state index in [1.54, 1.807) is 0 Å². The summed E-state index contributed by atoms with van der Waals surface area (Å²) < 4.78 is 5.88. The number of fused-ring (bicyclic) bond motifs is 1. The molecule has 0 bridgehead atoms. The molecule has 0 unspecified atom stereocenters. The van der Waals surface area contributed by atoms with Gasteiger partial charge in [-0.25, -0.2) is 0 Å². The van der Waals surface area contributed by atoms with E-state index in [4.69, 9.17) is 4.74 Å². The van der Waals surface area contributed by atoms with Crippen LogP contribution in [0.3, 0.4) is 0 Å². The minimum atomic E-state index is 0. The number of nitrogens with one attached hydrogen (secondary N) is 1. The summed E-state index contributed by atoms with van der Waals surface area (Å²) in [5.74, 6) is 2.00. The largest absolute Gasteiger partial charge is 1.00 e. The van der Waals surface area contributed by atoms with Crippen LogP contribution in [0.15, 0.2) is 54.3 Å². The molecule has 94 valence electrons.